The van der Waals surface area contributed by atoms with Crippen LogP contribution in [0.5, 0.6) is 5.75 Å². The number of nitro benzene ring substituents is 1. The van der Waals surface area contributed by atoms with E-state index in [0.29, 0.717) is 11.4 Å². The maximum atomic E-state index is 11.0. The second-order valence-electron chi connectivity index (χ2n) is 4.60. The lowest BCUT2D eigenvalue weighted by molar-refractivity contribution is -0.385. The van der Waals surface area contributed by atoms with Crippen LogP contribution in [0.2, 0.25) is 0 Å². The van der Waals surface area contributed by atoms with Gasteiger partial charge in [-0.1, -0.05) is 18.6 Å². The molecule has 0 aliphatic rings. The smallest absolute Gasteiger partial charge is 0.313 e. The van der Waals surface area contributed by atoms with Crippen molar-refractivity contribution in [3.05, 3.63) is 40.2 Å². The van der Waals surface area contributed by atoms with E-state index in [1.54, 1.807) is 12.3 Å². The molecule has 21 heavy (non-hydrogen) atoms. The van der Waals surface area contributed by atoms with Crippen LogP contribution in [0.1, 0.15) is 31.5 Å². The average molecular weight is 291 g/mol. The van der Waals surface area contributed by atoms with Gasteiger partial charge in [-0.25, -0.2) is 4.68 Å². The minimum absolute atomic E-state index is 0.120. The zero-order chi connectivity index (χ0) is 15.4. The molecule has 0 radical (unpaired) electrons. The summed E-state index contributed by atoms with van der Waals surface area (Å²) < 4.78 is 6.44. The quantitative estimate of drug-likeness (QED) is 0.643. The summed E-state index contributed by atoms with van der Waals surface area (Å²) in [5, 5.41) is 19.0. The van der Waals surface area contributed by atoms with Crippen LogP contribution in [0, 0.1) is 10.1 Å². The van der Waals surface area contributed by atoms with Gasteiger partial charge in [0.05, 0.1) is 35.7 Å². The monoisotopic (exact) mass is 291 g/mol. The number of nitrogens with two attached hydrogens (primary N) is 1. The number of aromatic nitrogens is 3. The third kappa shape index (κ3) is 3.16. The Morgan fingerprint density at radius 1 is 1.52 bits per heavy atom. The summed E-state index contributed by atoms with van der Waals surface area (Å²) in [7, 11) is 1.39. The van der Waals surface area contributed by atoms with Gasteiger partial charge in [-0.05, 0) is 18.6 Å². The van der Waals surface area contributed by atoms with E-state index in [1.807, 2.05) is 6.92 Å². The lowest BCUT2D eigenvalue weighted by atomic mass is 10.1. The predicted octanol–water partition coefficient (Wildman–Crippen LogP) is 1.98. The molecule has 8 nitrogen and oxygen atoms in total. The summed E-state index contributed by atoms with van der Waals surface area (Å²) in [4.78, 5) is 10.5. The summed E-state index contributed by atoms with van der Waals surface area (Å²) in [6.45, 7) is 2.04. The lowest BCUT2D eigenvalue weighted by Crippen LogP contribution is -2.10. The van der Waals surface area contributed by atoms with Crippen molar-refractivity contribution in [1.29, 1.82) is 0 Å². The molecule has 0 amide bonds. The van der Waals surface area contributed by atoms with E-state index in [2.05, 4.69) is 10.3 Å². The molecule has 0 saturated carbocycles. The topological polar surface area (TPSA) is 109 Å². The van der Waals surface area contributed by atoms with Crippen LogP contribution in [0.3, 0.4) is 0 Å². The molecule has 2 aromatic rings. The van der Waals surface area contributed by atoms with E-state index in [1.165, 1.54) is 23.9 Å². The van der Waals surface area contributed by atoms with Crippen LogP contribution >= 0.6 is 0 Å². The zero-order valence-corrected chi connectivity index (χ0v) is 11.9. The highest BCUT2D eigenvalue weighted by Gasteiger charge is 2.17. The molecule has 112 valence electrons. The van der Waals surface area contributed by atoms with Gasteiger partial charge in [0.25, 0.3) is 0 Å². The van der Waals surface area contributed by atoms with Crippen molar-refractivity contribution in [2.24, 2.45) is 5.73 Å². The number of nitro groups is 1. The van der Waals surface area contributed by atoms with Crippen molar-refractivity contribution >= 4 is 5.69 Å². The van der Waals surface area contributed by atoms with Crippen LogP contribution in [0.15, 0.2) is 24.4 Å². The van der Waals surface area contributed by atoms with Crippen molar-refractivity contribution in [3.8, 4) is 11.4 Å². The Kier molecular flexibility index (Phi) is 4.49. The third-order valence-electron chi connectivity index (χ3n) is 3.11. The first-order chi connectivity index (χ1) is 10.1. The Balaban J connectivity index is 2.34. The molecule has 8 heteroatoms. The highest BCUT2D eigenvalue weighted by molar-refractivity contribution is 5.53. The fraction of sp³-hybridized carbons (Fsp3) is 0.385. The van der Waals surface area contributed by atoms with Gasteiger partial charge < -0.3 is 10.5 Å². The zero-order valence-electron chi connectivity index (χ0n) is 11.9. The normalized spacial score (nSPS) is 12.1. The summed E-state index contributed by atoms with van der Waals surface area (Å²) in [6.07, 6.45) is 3.44. The number of ether oxygens (including phenoxy) is 1. The molecule has 1 aromatic carbocycles. The Morgan fingerprint density at radius 2 is 2.29 bits per heavy atom. The average Bonchev–Trinajstić information content (AvgIpc) is 2.96. The standard InChI is InChI=1S/C13H17N5O3/c1-3-4-10(14)11-8-17(16-15-11)9-5-6-13(21-2)12(7-9)18(19)20/h5-8,10H,3-4,14H2,1-2H3. The molecule has 0 fully saturated rings. The SMILES string of the molecule is CCCC(N)c1cn(-c2ccc(OC)c([N+](=O)[O-])c2)nn1. The third-order valence-corrected chi connectivity index (χ3v) is 3.11. The number of hydrogen-bond donors (Lipinski definition) is 1. The van der Waals surface area contributed by atoms with Crippen molar-refractivity contribution < 1.29 is 9.66 Å². The first-order valence-electron chi connectivity index (χ1n) is 6.57. The van der Waals surface area contributed by atoms with Crippen LogP contribution in [-0.4, -0.2) is 27.0 Å². The summed E-state index contributed by atoms with van der Waals surface area (Å²) in [5.41, 5.74) is 7.05. The van der Waals surface area contributed by atoms with Crippen LogP contribution in [0.4, 0.5) is 5.69 Å². The molecule has 2 rings (SSSR count). The highest BCUT2D eigenvalue weighted by atomic mass is 16.6. The van der Waals surface area contributed by atoms with E-state index in [-0.39, 0.29) is 17.5 Å². The van der Waals surface area contributed by atoms with Gasteiger partial charge in [-0.2, -0.15) is 0 Å². The fourth-order valence-corrected chi connectivity index (χ4v) is 2.00. The summed E-state index contributed by atoms with van der Waals surface area (Å²) in [6, 6.07) is 4.41. The molecule has 1 aromatic heterocycles. The Labute approximate surface area is 121 Å². The van der Waals surface area contributed by atoms with E-state index in [9.17, 15) is 10.1 Å². The first-order valence-corrected chi connectivity index (χ1v) is 6.57. The van der Waals surface area contributed by atoms with Crippen LogP contribution in [-0.2, 0) is 0 Å². The van der Waals surface area contributed by atoms with Gasteiger partial charge in [-0.15, -0.1) is 5.10 Å². The molecule has 2 N–H and O–H groups in total. The number of methoxy groups -OCH3 is 1. The lowest BCUT2D eigenvalue weighted by Gasteiger charge is -2.05. The second-order valence-corrected chi connectivity index (χ2v) is 4.60. The van der Waals surface area contributed by atoms with Gasteiger partial charge in [-0.3, -0.25) is 10.1 Å². The number of nitrogens with zero attached hydrogens (tertiary/aromatic N) is 4. The predicted molar refractivity (Wildman–Crippen MR) is 76.4 cm³/mol. The molecule has 1 atom stereocenters. The molecule has 0 bridgehead atoms. The van der Waals surface area contributed by atoms with E-state index in [0.717, 1.165) is 12.8 Å². The minimum Gasteiger partial charge on any atom is -0.490 e. The highest BCUT2D eigenvalue weighted by Crippen LogP contribution is 2.29. The second kappa shape index (κ2) is 6.31. The van der Waals surface area contributed by atoms with E-state index >= 15 is 0 Å². The molecule has 1 unspecified atom stereocenters. The van der Waals surface area contributed by atoms with Crippen molar-refractivity contribution in [3.63, 3.8) is 0 Å². The molecule has 0 saturated heterocycles. The Hall–Kier alpha value is -2.48. The van der Waals surface area contributed by atoms with E-state index in [4.69, 9.17) is 10.5 Å². The maximum Gasteiger partial charge on any atom is 0.313 e. The molecule has 0 spiro atoms. The molecule has 0 aliphatic heterocycles. The fourth-order valence-electron chi connectivity index (χ4n) is 2.00. The van der Waals surface area contributed by atoms with E-state index < -0.39 is 4.92 Å². The summed E-state index contributed by atoms with van der Waals surface area (Å²) in [5.74, 6) is 0.201. The largest absolute Gasteiger partial charge is 0.490 e. The number of hydrogen-bond acceptors (Lipinski definition) is 6. The van der Waals surface area contributed by atoms with Crippen molar-refractivity contribution in [2.75, 3.05) is 7.11 Å². The van der Waals surface area contributed by atoms with Gasteiger partial charge in [0.2, 0.25) is 0 Å². The van der Waals surface area contributed by atoms with Gasteiger partial charge in [0, 0.05) is 6.07 Å². The first kappa shape index (κ1) is 14.9. The molecular formula is C13H17N5O3. The van der Waals surface area contributed by atoms with Crippen LogP contribution in [0.25, 0.3) is 5.69 Å². The maximum absolute atomic E-state index is 11.0. The number of benzene rings is 1. The van der Waals surface area contributed by atoms with Gasteiger partial charge in [0.1, 0.15) is 0 Å². The Morgan fingerprint density at radius 3 is 2.90 bits per heavy atom. The van der Waals surface area contributed by atoms with Crippen molar-refractivity contribution in [2.45, 2.75) is 25.8 Å². The summed E-state index contributed by atoms with van der Waals surface area (Å²) >= 11 is 0. The molecular weight excluding hydrogens is 274 g/mol. The van der Waals surface area contributed by atoms with Gasteiger partial charge in [0.15, 0.2) is 5.75 Å². The van der Waals surface area contributed by atoms with Crippen LogP contribution < -0.4 is 10.5 Å². The van der Waals surface area contributed by atoms with Crippen molar-refractivity contribution in [1.82, 2.24) is 15.0 Å². The molecule has 0 aliphatic carbocycles. The van der Waals surface area contributed by atoms with Gasteiger partial charge >= 0.3 is 5.69 Å². The Bertz CT molecular complexity index is 640. The molecule has 1 heterocycles. The number of rotatable bonds is 6. The minimum atomic E-state index is -0.497.